The summed E-state index contributed by atoms with van der Waals surface area (Å²) in [5.41, 5.74) is 1.05. The largest absolute Gasteiger partial charge is 0.396 e. The van der Waals surface area contributed by atoms with Crippen molar-refractivity contribution in [3.05, 3.63) is 29.3 Å². The number of hydrogen-bond acceptors (Lipinski definition) is 4. The highest BCUT2D eigenvalue weighted by Gasteiger charge is 2.33. The fourth-order valence-electron chi connectivity index (χ4n) is 2.51. The van der Waals surface area contributed by atoms with Gasteiger partial charge in [-0.05, 0) is 25.0 Å². The summed E-state index contributed by atoms with van der Waals surface area (Å²) in [7, 11) is 0. The van der Waals surface area contributed by atoms with E-state index in [1.807, 2.05) is 18.2 Å². The van der Waals surface area contributed by atoms with Crippen LogP contribution in [0.2, 0.25) is 0 Å². The van der Waals surface area contributed by atoms with E-state index in [1.165, 1.54) is 4.70 Å². The predicted octanol–water partition coefficient (Wildman–Crippen LogP) is 2.63. The number of benzene rings is 1. The van der Waals surface area contributed by atoms with Crippen molar-refractivity contribution in [2.24, 2.45) is 5.41 Å². The van der Waals surface area contributed by atoms with Gasteiger partial charge < -0.3 is 9.84 Å². The van der Waals surface area contributed by atoms with Crippen LogP contribution >= 0.6 is 11.3 Å². The standard InChI is InChI=1S/C14H17NO2S/c16-10-14(5-7-17-8-6-14)9-13-15-11-3-1-2-4-12(11)18-13/h1-4,16H,5-10H2. The minimum absolute atomic E-state index is 0.0217. The summed E-state index contributed by atoms with van der Waals surface area (Å²) in [6.45, 7) is 1.74. The van der Waals surface area contributed by atoms with Gasteiger partial charge in [0.15, 0.2) is 0 Å². The van der Waals surface area contributed by atoms with Crippen molar-refractivity contribution in [1.82, 2.24) is 4.98 Å². The monoisotopic (exact) mass is 263 g/mol. The summed E-state index contributed by atoms with van der Waals surface area (Å²) >= 11 is 1.74. The normalized spacial score (nSPS) is 19.2. The first-order valence-corrected chi connectivity index (χ1v) is 7.16. The second-order valence-electron chi connectivity index (χ2n) is 5.02. The van der Waals surface area contributed by atoms with Crippen molar-refractivity contribution in [2.75, 3.05) is 19.8 Å². The van der Waals surface area contributed by atoms with Crippen LogP contribution in [0, 0.1) is 5.41 Å². The fraction of sp³-hybridized carbons (Fsp3) is 0.500. The van der Waals surface area contributed by atoms with Crippen LogP contribution in [0.4, 0.5) is 0 Å². The molecule has 1 fully saturated rings. The van der Waals surface area contributed by atoms with E-state index < -0.39 is 0 Å². The Bertz CT molecular complexity index is 498. The molecule has 0 aliphatic carbocycles. The Labute approximate surface area is 110 Å². The zero-order chi connectivity index (χ0) is 12.4. The highest BCUT2D eigenvalue weighted by Crippen LogP contribution is 2.35. The molecule has 0 atom stereocenters. The molecule has 1 aromatic heterocycles. The molecule has 0 radical (unpaired) electrons. The summed E-state index contributed by atoms with van der Waals surface area (Å²) < 4.78 is 6.62. The van der Waals surface area contributed by atoms with E-state index in [0.717, 1.165) is 43.0 Å². The number of hydrogen-bond donors (Lipinski definition) is 1. The van der Waals surface area contributed by atoms with Crippen LogP contribution in [0.5, 0.6) is 0 Å². The van der Waals surface area contributed by atoms with Crippen molar-refractivity contribution in [2.45, 2.75) is 19.3 Å². The highest BCUT2D eigenvalue weighted by atomic mass is 32.1. The number of nitrogens with zero attached hydrogens (tertiary/aromatic N) is 1. The summed E-state index contributed by atoms with van der Waals surface area (Å²) in [5.74, 6) is 0. The van der Waals surface area contributed by atoms with Gasteiger partial charge >= 0.3 is 0 Å². The van der Waals surface area contributed by atoms with Crippen LogP contribution in [0.3, 0.4) is 0 Å². The molecule has 0 saturated carbocycles. The summed E-state index contributed by atoms with van der Waals surface area (Å²) in [4.78, 5) is 4.67. The van der Waals surface area contributed by atoms with Gasteiger partial charge in [-0.3, -0.25) is 0 Å². The number of aliphatic hydroxyl groups is 1. The van der Waals surface area contributed by atoms with E-state index in [-0.39, 0.29) is 12.0 Å². The number of aromatic nitrogens is 1. The van der Waals surface area contributed by atoms with Gasteiger partial charge in [0.1, 0.15) is 0 Å². The van der Waals surface area contributed by atoms with Gasteiger partial charge in [-0.2, -0.15) is 0 Å². The maximum Gasteiger partial charge on any atom is 0.0945 e. The van der Waals surface area contributed by atoms with Crippen LogP contribution in [-0.2, 0) is 11.2 Å². The Morgan fingerprint density at radius 2 is 2.06 bits per heavy atom. The molecule has 3 rings (SSSR count). The van der Waals surface area contributed by atoms with Crippen LogP contribution in [-0.4, -0.2) is 29.9 Å². The van der Waals surface area contributed by atoms with Gasteiger partial charge in [0.2, 0.25) is 0 Å². The highest BCUT2D eigenvalue weighted by molar-refractivity contribution is 7.18. The number of fused-ring (bicyclic) bond motifs is 1. The van der Waals surface area contributed by atoms with Gasteiger partial charge in [-0.1, -0.05) is 12.1 Å². The smallest absolute Gasteiger partial charge is 0.0945 e. The van der Waals surface area contributed by atoms with Crippen LogP contribution in [0.15, 0.2) is 24.3 Å². The first-order chi connectivity index (χ1) is 8.81. The molecule has 1 saturated heterocycles. The predicted molar refractivity (Wildman–Crippen MR) is 72.9 cm³/mol. The van der Waals surface area contributed by atoms with E-state index in [1.54, 1.807) is 11.3 Å². The molecule has 18 heavy (non-hydrogen) atoms. The molecule has 0 amide bonds. The van der Waals surface area contributed by atoms with E-state index in [9.17, 15) is 5.11 Å². The average Bonchev–Trinajstić information content (AvgIpc) is 2.81. The third-order valence-corrected chi connectivity index (χ3v) is 4.79. The van der Waals surface area contributed by atoms with Gasteiger partial charge in [-0.25, -0.2) is 4.98 Å². The molecule has 3 nitrogen and oxygen atoms in total. The zero-order valence-corrected chi connectivity index (χ0v) is 11.1. The lowest BCUT2D eigenvalue weighted by atomic mass is 9.78. The van der Waals surface area contributed by atoms with Crippen molar-refractivity contribution in [1.29, 1.82) is 0 Å². The first-order valence-electron chi connectivity index (χ1n) is 6.34. The number of aliphatic hydroxyl groups excluding tert-OH is 1. The lowest BCUT2D eigenvalue weighted by Gasteiger charge is -2.34. The molecule has 0 spiro atoms. The van der Waals surface area contributed by atoms with Crippen LogP contribution < -0.4 is 0 Å². The Kier molecular flexibility index (Phi) is 3.33. The molecule has 0 bridgehead atoms. The molecule has 1 N–H and O–H groups in total. The maximum absolute atomic E-state index is 9.70. The third-order valence-electron chi connectivity index (χ3n) is 3.75. The lowest BCUT2D eigenvalue weighted by Crippen LogP contribution is -2.35. The summed E-state index contributed by atoms with van der Waals surface area (Å²) in [6.07, 6.45) is 2.73. The molecular formula is C14H17NO2S. The van der Waals surface area contributed by atoms with Gasteiger partial charge in [0, 0.05) is 31.7 Å². The molecule has 4 heteroatoms. The average molecular weight is 263 g/mol. The number of ether oxygens (including phenoxy) is 1. The summed E-state index contributed by atoms with van der Waals surface area (Å²) in [5, 5.41) is 10.8. The fourth-order valence-corrected chi connectivity index (χ4v) is 3.65. The van der Waals surface area contributed by atoms with E-state index in [2.05, 4.69) is 11.1 Å². The van der Waals surface area contributed by atoms with Crippen molar-refractivity contribution in [3.8, 4) is 0 Å². The summed E-state index contributed by atoms with van der Waals surface area (Å²) in [6, 6.07) is 8.21. The molecular weight excluding hydrogens is 246 g/mol. The quantitative estimate of drug-likeness (QED) is 0.925. The first kappa shape index (κ1) is 12.1. The molecule has 1 aliphatic heterocycles. The lowest BCUT2D eigenvalue weighted by molar-refractivity contribution is -0.0157. The Hall–Kier alpha value is -0.970. The molecule has 2 aromatic rings. The Morgan fingerprint density at radius 3 is 2.78 bits per heavy atom. The van der Waals surface area contributed by atoms with Gasteiger partial charge in [0.25, 0.3) is 0 Å². The maximum atomic E-state index is 9.70. The molecule has 0 unspecified atom stereocenters. The Morgan fingerprint density at radius 1 is 1.28 bits per heavy atom. The SMILES string of the molecule is OCC1(Cc2nc3ccccc3s2)CCOCC1. The second kappa shape index (κ2) is 4.96. The second-order valence-corrected chi connectivity index (χ2v) is 6.14. The van der Waals surface area contributed by atoms with E-state index in [0.29, 0.717) is 0 Å². The van der Waals surface area contributed by atoms with Crippen LogP contribution in [0.25, 0.3) is 10.2 Å². The van der Waals surface area contributed by atoms with Gasteiger partial charge in [0.05, 0.1) is 15.2 Å². The zero-order valence-electron chi connectivity index (χ0n) is 10.3. The number of para-hydroxylation sites is 1. The topological polar surface area (TPSA) is 42.4 Å². The third kappa shape index (κ3) is 2.28. The van der Waals surface area contributed by atoms with Crippen molar-refractivity contribution < 1.29 is 9.84 Å². The minimum atomic E-state index is -0.0217. The van der Waals surface area contributed by atoms with Crippen molar-refractivity contribution in [3.63, 3.8) is 0 Å². The molecule has 1 aromatic carbocycles. The van der Waals surface area contributed by atoms with Crippen molar-refractivity contribution >= 4 is 21.6 Å². The van der Waals surface area contributed by atoms with E-state index in [4.69, 9.17) is 4.74 Å². The number of rotatable bonds is 3. The van der Waals surface area contributed by atoms with Crippen LogP contribution in [0.1, 0.15) is 17.8 Å². The molecule has 1 aliphatic rings. The Balaban J connectivity index is 1.85. The molecule has 96 valence electrons. The number of thiazole rings is 1. The minimum Gasteiger partial charge on any atom is -0.396 e. The van der Waals surface area contributed by atoms with Gasteiger partial charge in [-0.15, -0.1) is 11.3 Å². The van der Waals surface area contributed by atoms with E-state index >= 15 is 0 Å². The molecule has 2 heterocycles.